The Bertz CT molecular complexity index is 1180. The molecule has 0 saturated heterocycles. The van der Waals surface area contributed by atoms with Crippen LogP contribution >= 0.6 is 0 Å². The van der Waals surface area contributed by atoms with Crippen LogP contribution in [0, 0.1) is 11.8 Å². The number of hydrogen-bond donors (Lipinski definition) is 1. The van der Waals surface area contributed by atoms with Crippen LogP contribution in [0.4, 0.5) is 11.4 Å². The maximum Gasteiger partial charge on any atom is 0.180 e. The van der Waals surface area contributed by atoms with E-state index in [1.165, 1.54) is 12.8 Å². The molecule has 0 heterocycles. The van der Waals surface area contributed by atoms with Crippen molar-refractivity contribution in [3.63, 3.8) is 0 Å². The Morgan fingerprint density at radius 1 is 1.05 bits per heavy atom. The van der Waals surface area contributed by atoms with Crippen LogP contribution in [-0.2, 0) is 10.2 Å². The average Bonchev–Trinajstić information content (AvgIpc) is 3.71. The summed E-state index contributed by atoms with van der Waals surface area (Å²) < 4.78 is 12.5. The number of nitrogens with one attached hydrogen (secondary N) is 1. The van der Waals surface area contributed by atoms with Gasteiger partial charge in [-0.05, 0) is 114 Å². The number of rotatable bonds is 12. The number of anilines is 2. The van der Waals surface area contributed by atoms with Crippen LogP contribution < -0.4 is 10.1 Å². The largest absolute Gasteiger partial charge is 0.486 e. The van der Waals surface area contributed by atoms with Gasteiger partial charge in [-0.2, -0.15) is 0 Å². The van der Waals surface area contributed by atoms with Crippen LogP contribution in [0.5, 0.6) is 5.75 Å². The molecular formula is C35H52N2O3. The zero-order valence-corrected chi connectivity index (χ0v) is 26.4. The fourth-order valence-corrected chi connectivity index (χ4v) is 6.12. The number of carbonyl (C=O) groups excluding carboxylic acids is 1. The third-order valence-corrected chi connectivity index (χ3v) is 9.16. The second kappa shape index (κ2) is 11.9. The molecule has 1 unspecified atom stereocenters. The molecule has 0 bridgehead atoms. The highest BCUT2D eigenvalue weighted by atomic mass is 16.5. The molecule has 0 amide bonds. The Labute approximate surface area is 243 Å². The minimum Gasteiger partial charge on any atom is -0.486 e. The molecule has 2 aliphatic carbocycles. The maximum absolute atomic E-state index is 14.0. The smallest absolute Gasteiger partial charge is 0.180 e. The molecule has 2 aliphatic rings. The summed E-state index contributed by atoms with van der Waals surface area (Å²) in [6.45, 7) is 22.1. The molecule has 4 rings (SSSR count). The fourth-order valence-electron chi connectivity index (χ4n) is 6.12. The molecule has 2 aromatic carbocycles. The zero-order valence-electron chi connectivity index (χ0n) is 26.4. The highest BCUT2D eigenvalue weighted by Crippen LogP contribution is 2.47. The minimum absolute atomic E-state index is 0.0551. The first-order valence-corrected chi connectivity index (χ1v) is 15.4. The van der Waals surface area contributed by atoms with Crippen LogP contribution in [0.25, 0.3) is 0 Å². The number of ether oxygens (including phenoxy) is 2. The first kappa shape index (κ1) is 30.6. The predicted molar refractivity (Wildman–Crippen MR) is 166 cm³/mol. The van der Waals surface area contributed by atoms with E-state index in [1.807, 2.05) is 18.2 Å². The molecule has 1 fully saturated rings. The highest BCUT2D eigenvalue weighted by molar-refractivity contribution is 6.04. The standard InChI is InChI=1S/C35H52N2O3/c1-10-35(9)24(3)31(37(11-2)23-25-16-17-25)32(38)27-19-18-26(22-28(27)35)36-29-14-12-13-15-30(29)40-34(7,8)20-21-39-33(4,5)6/h12-15,18-19,22,24-25,31,36H,10-11,16-17,20-21,23H2,1-9H3/t24-,31?,35+/m0/s1. The quantitative estimate of drug-likeness (QED) is 0.289. The van der Waals surface area contributed by atoms with E-state index in [-0.39, 0.29) is 34.4 Å². The Kier molecular flexibility index (Phi) is 9.06. The first-order valence-electron chi connectivity index (χ1n) is 15.4. The van der Waals surface area contributed by atoms with Gasteiger partial charge >= 0.3 is 0 Å². The summed E-state index contributed by atoms with van der Waals surface area (Å²) in [6, 6.07) is 14.3. The summed E-state index contributed by atoms with van der Waals surface area (Å²) in [6.07, 6.45) is 4.37. The molecule has 1 N–H and O–H groups in total. The van der Waals surface area contributed by atoms with Gasteiger partial charge in [0.1, 0.15) is 11.4 Å². The van der Waals surface area contributed by atoms with E-state index in [0.29, 0.717) is 6.61 Å². The Morgan fingerprint density at radius 3 is 2.38 bits per heavy atom. The lowest BCUT2D eigenvalue weighted by Gasteiger charge is -2.48. The molecule has 220 valence electrons. The van der Waals surface area contributed by atoms with E-state index >= 15 is 0 Å². The lowest BCUT2D eigenvalue weighted by atomic mass is 9.61. The number of fused-ring (bicyclic) bond motifs is 1. The molecule has 0 radical (unpaired) electrons. The molecule has 40 heavy (non-hydrogen) atoms. The van der Waals surface area contributed by atoms with Gasteiger partial charge < -0.3 is 14.8 Å². The molecule has 0 aromatic heterocycles. The van der Waals surface area contributed by atoms with Crippen LogP contribution in [-0.4, -0.2) is 47.6 Å². The molecule has 0 spiro atoms. The van der Waals surface area contributed by atoms with Gasteiger partial charge in [-0.15, -0.1) is 0 Å². The maximum atomic E-state index is 14.0. The summed E-state index contributed by atoms with van der Waals surface area (Å²) in [7, 11) is 0. The van der Waals surface area contributed by atoms with Crippen LogP contribution in [0.15, 0.2) is 42.5 Å². The number of para-hydroxylation sites is 2. The Balaban J connectivity index is 1.58. The van der Waals surface area contributed by atoms with Crippen molar-refractivity contribution >= 4 is 17.2 Å². The number of Topliss-reactive ketones (excluding diaryl/α,β-unsaturated/α-hetero) is 1. The summed E-state index contributed by atoms with van der Waals surface area (Å²) in [4.78, 5) is 16.4. The highest BCUT2D eigenvalue weighted by Gasteiger charge is 2.48. The van der Waals surface area contributed by atoms with E-state index < -0.39 is 0 Å². The van der Waals surface area contributed by atoms with Crippen LogP contribution in [0.3, 0.4) is 0 Å². The van der Waals surface area contributed by atoms with Gasteiger partial charge in [-0.25, -0.2) is 0 Å². The average molecular weight is 549 g/mol. The summed E-state index contributed by atoms with van der Waals surface area (Å²) in [5.41, 5.74) is 3.30. The molecular weight excluding hydrogens is 496 g/mol. The van der Waals surface area contributed by atoms with Crippen molar-refractivity contribution in [2.45, 2.75) is 111 Å². The lowest BCUT2D eigenvalue weighted by Crippen LogP contribution is -2.55. The van der Waals surface area contributed by atoms with Gasteiger partial charge in [0.05, 0.1) is 23.9 Å². The van der Waals surface area contributed by atoms with Crippen molar-refractivity contribution in [1.29, 1.82) is 0 Å². The number of ketones is 1. The van der Waals surface area contributed by atoms with E-state index in [2.05, 4.69) is 96.8 Å². The van der Waals surface area contributed by atoms with Crippen molar-refractivity contribution in [2.24, 2.45) is 11.8 Å². The van der Waals surface area contributed by atoms with Gasteiger partial charge in [0.2, 0.25) is 0 Å². The van der Waals surface area contributed by atoms with Crippen molar-refractivity contribution in [1.82, 2.24) is 4.90 Å². The van der Waals surface area contributed by atoms with Crippen molar-refractivity contribution in [2.75, 3.05) is 25.0 Å². The van der Waals surface area contributed by atoms with Crippen LogP contribution in [0.2, 0.25) is 0 Å². The molecule has 5 heteroatoms. The molecule has 3 atom stereocenters. The van der Waals surface area contributed by atoms with Crippen LogP contribution in [0.1, 0.15) is 104 Å². The third kappa shape index (κ3) is 6.91. The van der Waals surface area contributed by atoms with Gasteiger partial charge in [-0.1, -0.05) is 39.8 Å². The minimum atomic E-state index is -0.387. The van der Waals surface area contributed by atoms with Gasteiger partial charge in [-0.3, -0.25) is 9.69 Å². The van der Waals surface area contributed by atoms with Gasteiger partial charge in [0, 0.05) is 24.2 Å². The second-order valence-corrected chi connectivity index (χ2v) is 13.9. The summed E-state index contributed by atoms with van der Waals surface area (Å²) >= 11 is 0. The SMILES string of the molecule is CCN(CC1CC1)C1C(=O)c2ccc(Nc3ccccc3OC(C)(C)CCOC(C)(C)C)cc2[C@](C)(CC)[C@H]1C. The number of nitrogens with zero attached hydrogens (tertiary/aromatic N) is 1. The Hall–Kier alpha value is -2.37. The number of likely N-dealkylation sites (N-methyl/N-ethyl adjacent to an activating group) is 1. The monoisotopic (exact) mass is 548 g/mol. The summed E-state index contributed by atoms with van der Waals surface area (Å²) in [5.74, 6) is 2.09. The van der Waals surface area contributed by atoms with E-state index in [9.17, 15) is 4.79 Å². The van der Waals surface area contributed by atoms with Crippen molar-refractivity contribution in [3.8, 4) is 5.75 Å². The zero-order chi connectivity index (χ0) is 29.3. The van der Waals surface area contributed by atoms with Gasteiger partial charge in [0.15, 0.2) is 5.78 Å². The normalized spacial score (nSPS) is 23.3. The number of hydrogen-bond acceptors (Lipinski definition) is 5. The first-order chi connectivity index (χ1) is 18.8. The third-order valence-electron chi connectivity index (χ3n) is 9.16. The number of carbonyl (C=O) groups is 1. The van der Waals surface area contributed by atoms with E-state index in [4.69, 9.17) is 9.47 Å². The van der Waals surface area contributed by atoms with Crippen molar-refractivity contribution < 1.29 is 14.3 Å². The lowest BCUT2D eigenvalue weighted by molar-refractivity contribution is -0.0291. The van der Waals surface area contributed by atoms with E-state index in [0.717, 1.165) is 60.1 Å². The summed E-state index contributed by atoms with van der Waals surface area (Å²) in [5, 5.41) is 3.62. The predicted octanol–water partition coefficient (Wildman–Crippen LogP) is 8.39. The van der Waals surface area contributed by atoms with E-state index in [1.54, 1.807) is 0 Å². The molecule has 1 saturated carbocycles. The molecule has 2 aromatic rings. The number of benzene rings is 2. The molecule has 0 aliphatic heterocycles. The van der Waals surface area contributed by atoms with Crippen molar-refractivity contribution in [3.05, 3.63) is 53.6 Å². The second-order valence-electron chi connectivity index (χ2n) is 13.9. The fraction of sp³-hybridized carbons (Fsp3) is 0.629. The Morgan fingerprint density at radius 2 is 1.75 bits per heavy atom. The topological polar surface area (TPSA) is 50.8 Å². The van der Waals surface area contributed by atoms with Gasteiger partial charge in [0.25, 0.3) is 0 Å². The molecule has 5 nitrogen and oxygen atoms in total.